The first-order valence-corrected chi connectivity index (χ1v) is 9.58. The summed E-state index contributed by atoms with van der Waals surface area (Å²) >= 11 is 0. The van der Waals surface area contributed by atoms with Crippen LogP contribution in [0.2, 0.25) is 0 Å². The predicted octanol–water partition coefficient (Wildman–Crippen LogP) is 3.97. The quantitative estimate of drug-likeness (QED) is 0.184. The highest BCUT2D eigenvalue weighted by Gasteiger charge is 1.97. The molecule has 0 bridgehead atoms. The van der Waals surface area contributed by atoms with Crippen molar-refractivity contribution < 1.29 is 9.47 Å². The van der Waals surface area contributed by atoms with Gasteiger partial charge >= 0.3 is 0 Å². The lowest BCUT2D eigenvalue weighted by Crippen LogP contribution is -2.38. The number of halogens is 1. The maximum absolute atomic E-state index is 5.70. The highest BCUT2D eigenvalue weighted by Crippen LogP contribution is 2.01. The monoisotopic (exact) mass is 477 g/mol. The minimum absolute atomic E-state index is 0. The first kappa shape index (κ1) is 25.1. The number of guanidine groups is 1. The summed E-state index contributed by atoms with van der Waals surface area (Å²) in [7, 11) is 0. The summed E-state index contributed by atoms with van der Waals surface area (Å²) in [6.45, 7) is 9.86. The van der Waals surface area contributed by atoms with Crippen LogP contribution in [-0.4, -0.2) is 45.4 Å². The van der Waals surface area contributed by atoms with Crippen LogP contribution < -0.4 is 10.6 Å². The van der Waals surface area contributed by atoms with E-state index < -0.39 is 0 Å². The van der Waals surface area contributed by atoms with E-state index >= 15 is 0 Å². The molecule has 0 fully saturated rings. The number of unbranched alkanes of at least 4 members (excludes halogenated alkanes) is 2. The summed E-state index contributed by atoms with van der Waals surface area (Å²) in [5.41, 5.74) is 1.23. The van der Waals surface area contributed by atoms with E-state index in [0.29, 0.717) is 6.61 Å². The number of benzene rings is 1. The van der Waals surface area contributed by atoms with Gasteiger partial charge in [-0.05, 0) is 45.1 Å². The van der Waals surface area contributed by atoms with Gasteiger partial charge in [0.25, 0.3) is 0 Å². The number of ether oxygens (including phenoxy) is 2. The maximum Gasteiger partial charge on any atom is 0.191 e. The second-order valence-electron chi connectivity index (χ2n) is 5.84. The van der Waals surface area contributed by atoms with Gasteiger partial charge in [-0.15, -0.1) is 24.0 Å². The van der Waals surface area contributed by atoms with Gasteiger partial charge in [0, 0.05) is 39.5 Å². The van der Waals surface area contributed by atoms with Crippen LogP contribution in [0.5, 0.6) is 0 Å². The van der Waals surface area contributed by atoms with Crippen molar-refractivity contribution in [2.24, 2.45) is 4.99 Å². The van der Waals surface area contributed by atoms with Crippen LogP contribution in [0.3, 0.4) is 0 Å². The van der Waals surface area contributed by atoms with Crippen LogP contribution >= 0.6 is 24.0 Å². The van der Waals surface area contributed by atoms with Crippen LogP contribution in [0.4, 0.5) is 0 Å². The third kappa shape index (κ3) is 14.3. The molecule has 0 atom stereocenters. The highest BCUT2D eigenvalue weighted by atomic mass is 127. The first-order valence-electron chi connectivity index (χ1n) is 9.58. The third-order valence-electron chi connectivity index (χ3n) is 3.63. The molecule has 0 heterocycles. The minimum Gasteiger partial charge on any atom is -0.382 e. The Kier molecular flexibility index (Phi) is 18.3. The molecular formula is C20H36IN3O2. The molecule has 0 aliphatic carbocycles. The average molecular weight is 477 g/mol. The summed E-state index contributed by atoms with van der Waals surface area (Å²) in [4.78, 5) is 4.59. The van der Waals surface area contributed by atoms with E-state index in [1.165, 1.54) is 5.56 Å². The SMILES string of the molecule is CCNC(=NCCCCOCC)NCCCCOCc1ccccc1.I. The molecule has 0 spiro atoms. The van der Waals surface area contributed by atoms with Crippen molar-refractivity contribution in [3.05, 3.63) is 35.9 Å². The topological polar surface area (TPSA) is 54.9 Å². The lowest BCUT2D eigenvalue weighted by atomic mass is 10.2. The molecule has 0 radical (unpaired) electrons. The maximum atomic E-state index is 5.70. The van der Waals surface area contributed by atoms with E-state index in [-0.39, 0.29) is 24.0 Å². The zero-order valence-electron chi connectivity index (χ0n) is 16.3. The van der Waals surface area contributed by atoms with Gasteiger partial charge in [-0.1, -0.05) is 30.3 Å². The van der Waals surface area contributed by atoms with Gasteiger partial charge in [-0.3, -0.25) is 4.99 Å². The third-order valence-corrected chi connectivity index (χ3v) is 3.63. The zero-order valence-corrected chi connectivity index (χ0v) is 18.7. The summed E-state index contributed by atoms with van der Waals surface area (Å²) < 4.78 is 11.0. The van der Waals surface area contributed by atoms with Gasteiger partial charge in [0.05, 0.1) is 6.61 Å². The standard InChI is InChI=1S/C20H35N3O2.HI/c1-3-21-20(22-14-8-10-16-24-4-2)23-15-9-11-17-25-18-19-12-6-5-7-13-19;/h5-7,12-13H,3-4,8-11,14-18H2,1-2H3,(H2,21,22,23);1H. The van der Waals surface area contributed by atoms with Gasteiger partial charge in [0.15, 0.2) is 5.96 Å². The second-order valence-corrected chi connectivity index (χ2v) is 5.84. The lowest BCUT2D eigenvalue weighted by Gasteiger charge is -2.11. The van der Waals surface area contributed by atoms with Gasteiger partial charge in [-0.2, -0.15) is 0 Å². The van der Waals surface area contributed by atoms with Crippen LogP contribution in [0.1, 0.15) is 45.1 Å². The fourth-order valence-electron chi connectivity index (χ4n) is 2.29. The summed E-state index contributed by atoms with van der Waals surface area (Å²) in [6, 6.07) is 10.3. The molecule has 5 nitrogen and oxygen atoms in total. The molecule has 2 N–H and O–H groups in total. The molecule has 0 saturated heterocycles. The Morgan fingerprint density at radius 2 is 1.65 bits per heavy atom. The van der Waals surface area contributed by atoms with Crippen LogP contribution in [0, 0.1) is 0 Å². The van der Waals surface area contributed by atoms with Gasteiger partial charge in [-0.25, -0.2) is 0 Å². The van der Waals surface area contributed by atoms with E-state index in [1.807, 2.05) is 25.1 Å². The predicted molar refractivity (Wildman–Crippen MR) is 120 cm³/mol. The van der Waals surface area contributed by atoms with E-state index in [2.05, 4.69) is 34.7 Å². The molecule has 1 rings (SSSR count). The number of hydrogen-bond acceptors (Lipinski definition) is 3. The van der Waals surface area contributed by atoms with Crippen molar-refractivity contribution in [1.82, 2.24) is 10.6 Å². The number of aliphatic imine (C=N–C) groups is 1. The average Bonchev–Trinajstić information content (AvgIpc) is 2.64. The van der Waals surface area contributed by atoms with Gasteiger partial charge < -0.3 is 20.1 Å². The van der Waals surface area contributed by atoms with E-state index in [1.54, 1.807) is 0 Å². The molecule has 0 aliphatic heterocycles. The molecule has 0 saturated carbocycles. The van der Waals surface area contributed by atoms with E-state index in [9.17, 15) is 0 Å². The van der Waals surface area contributed by atoms with E-state index in [0.717, 1.165) is 71.1 Å². The molecule has 26 heavy (non-hydrogen) atoms. The molecule has 150 valence electrons. The molecule has 0 amide bonds. The molecule has 0 unspecified atom stereocenters. The molecule has 1 aromatic rings. The van der Waals surface area contributed by atoms with Crippen LogP contribution in [0.15, 0.2) is 35.3 Å². The summed E-state index contributed by atoms with van der Waals surface area (Å²) in [6.07, 6.45) is 4.25. The largest absolute Gasteiger partial charge is 0.382 e. The molecule has 6 heteroatoms. The van der Waals surface area contributed by atoms with Gasteiger partial charge in [0.2, 0.25) is 0 Å². The van der Waals surface area contributed by atoms with Crippen molar-refractivity contribution in [2.75, 3.05) is 39.5 Å². The zero-order chi connectivity index (χ0) is 18.0. The smallest absolute Gasteiger partial charge is 0.191 e. The minimum atomic E-state index is 0. The second kappa shape index (κ2) is 18.9. The lowest BCUT2D eigenvalue weighted by molar-refractivity contribution is 0.117. The summed E-state index contributed by atoms with van der Waals surface area (Å²) in [5.74, 6) is 0.907. The Labute approximate surface area is 176 Å². The van der Waals surface area contributed by atoms with Crippen LogP contribution in [-0.2, 0) is 16.1 Å². The number of nitrogens with one attached hydrogen (secondary N) is 2. The Morgan fingerprint density at radius 3 is 2.38 bits per heavy atom. The van der Waals surface area contributed by atoms with E-state index in [4.69, 9.17) is 9.47 Å². The Bertz CT molecular complexity index is 444. The fourth-order valence-corrected chi connectivity index (χ4v) is 2.29. The van der Waals surface area contributed by atoms with Crippen molar-refractivity contribution in [3.8, 4) is 0 Å². The Balaban J connectivity index is 0.00000625. The molecule has 1 aromatic carbocycles. The normalized spacial score (nSPS) is 11.1. The van der Waals surface area contributed by atoms with Crippen molar-refractivity contribution in [3.63, 3.8) is 0 Å². The Morgan fingerprint density at radius 1 is 0.923 bits per heavy atom. The number of hydrogen-bond donors (Lipinski definition) is 2. The van der Waals surface area contributed by atoms with Gasteiger partial charge in [0.1, 0.15) is 0 Å². The molecule has 0 aliphatic rings. The highest BCUT2D eigenvalue weighted by molar-refractivity contribution is 14.0. The fraction of sp³-hybridized carbons (Fsp3) is 0.650. The first-order chi connectivity index (χ1) is 12.4. The molecular weight excluding hydrogens is 441 g/mol. The van der Waals surface area contributed by atoms with Crippen molar-refractivity contribution in [2.45, 2.75) is 46.1 Å². The number of nitrogens with zero attached hydrogens (tertiary/aromatic N) is 1. The summed E-state index contributed by atoms with van der Waals surface area (Å²) in [5, 5.41) is 6.67. The Hall–Kier alpha value is -0.860. The van der Waals surface area contributed by atoms with Crippen molar-refractivity contribution in [1.29, 1.82) is 0 Å². The van der Waals surface area contributed by atoms with Crippen molar-refractivity contribution >= 4 is 29.9 Å². The molecule has 0 aromatic heterocycles. The number of rotatable bonds is 14. The van der Waals surface area contributed by atoms with Crippen LogP contribution in [0.25, 0.3) is 0 Å².